The van der Waals surface area contributed by atoms with Crippen molar-refractivity contribution < 1.29 is 19.5 Å². The monoisotopic (exact) mass is 484 g/mol. The van der Waals surface area contributed by atoms with Crippen molar-refractivity contribution in [2.75, 3.05) is 0 Å². The van der Waals surface area contributed by atoms with Gasteiger partial charge in [0.15, 0.2) is 0 Å². The largest absolute Gasteiger partial charge is 0.480 e. The van der Waals surface area contributed by atoms with E-state index in [4.69, 9.17) is 0 Å². The van der Waals surface area contributed by atoms with Gasteiger partial charge in [0.2, 0.25) is 11.8 Å². The molecule has 0 radical (unpaired) electrons. The molecular weight excluding hydrogens is 460 g/mol. The molecule has 0 spiro atoms. The number of carboxylic acid groups (broad SMARTS) is 1. The van der Waals surface area contributed by atoms with Gasteiger partial charge in [0.25, 0.3) is 0 Å². The highest BCUT2D eigenvalue weighted by molar-refractivity contribution is 9.10. The number of hydrogen-bond acceptors (Lipinski definition) is 4. The van der Waals surface area contributed by atoms with Gasteiger partial charge in [0, 0.05) is 10.5 Å². The van der Waals surface area contributed by atoms with Gasteiger partial charge in [-0.25, -0.2) is 0 Å². The molecule has 0 saturated carbocycles. The second kappa shape index (κ2) is 8.20. The van der Waals surface area contributed by atoms with Crippen LogP contribution in [0.5, 0.6) is 0 Å². The van der Waals surface area contributed by atoms with Crippen LogP contribution < -0.4 is 5.32 Å². The maximum absolute atomic E-state index is 13.6. The van der Waals surface area contributed by atoms with Gasteiger partial charge in [-0.15, -0.1) is 0 Å². The first-order valence-corrected chi connectivity index (χ1v) is 11.3. The Bertz CT molecular complexity index is 1010. The quantitative estimate of drug-likeness (QED) is 0.609. The molecule has 2 aromatic rings. The van der Waals surface area contributed by atoms with E-state index < -0.39 is 35.3 Å². The summed E-state index contributed by atoms with van der Waals surface area (Å²) in [5, 5.41) is 13.6. The van der Waals surface area contributed by atoms with Crippen LogP contribution in [0.1, 0.15) is 37.4 Å². The van der Waals surface area contributed by atoms with Gasteiger partial charge in [-0.3, -0.25) is 24.6 Å². The molecule has 2 N–H and O–H groups in total. The van der Waals surface area contributed by atoms with E-state index in [-0.39, 0.29) is 18.4 Å². The van der Waals surface area contributed by atoms with E-state index in [0.717, 1.165) is 15.6 Å². The Morgan fingerprint density at radius 3 is 2.35 bits per heavy atom. The number of carbonyl (C=O) groups excluding carboxylic acids is 2. The number of fused-ring (bicyclic) bond motifs is 1. The molecule has 2 saturated heterocycles. The van der Waals surface area contributed by atoms with Crippen LogP contribution in [0, 0.1) is 17.8 Å². The van der Waals surface area contributed by atoms with Crippen molar-refractivity contribution in [3.8, 4) is 0 Å². The van der Waals surface area contributed by atoms with Crippen LogP contribution in [0.25, 0.3) is 0 Å². The predicted molar refractivity (Wildman–Crippen MR) is 119 cm³/mol. The second-order valence-corrected chi connectivity index (χ2v) is 9.32. The molecular formula is C24H25BrN2O4. The summed E-state index contributed by atoms with van der Waals surface area (Å²) in [7, 11) is 0. The predicted octanol–water partition coefficient (Wildman–Crippen LogP) is 3.76. The van der Waals surface area contributed by atoms with E-state index in [0.29, 0.717) is 6.42 Å². The molecule has 5 atom stereocenters. The van der Waals surface area contributed by atoms with Crippen LogP contribution in [0.15, 0.2) is 59.1 Å². The van der Waals surface area contributed by atoms with Crippen molar-refractivity contribution in [1.29, 1.82) is 0 Å². The summed E-state index contributed by atoms with van der Waals surface area (Å²) in [6, 6.07) is 16.2. The number of imide groups is 1. The molecule has 2 amide bonds. The van der Waals surface area contributed by atoms with Crippen molar-refractivity contribution >= 4 is 33.7 Å². The number of carboxylic acids is 1. The molecule has 0 bridgehead atoms. The highest BCUT2D eigenvalue weighted by Gasteiger charge is 2.69. The molecule has 0 aromatic heterocycles. The summed E-state index contributed by atoms with van der Waals surface area (Å²) in [4.78, 5) is 41.0. The van der Waals surface area contributed by atoms with Gasteiger partial charge in [-0.1, -0.05) is 78.7 Å². The van der Waals surface area contributed by atoms with Crippen LogP contribution in [0.4, 0.5) is 0 Å². The Kier molecular flexibility index (Phi) is 5.75. The summed E-state index contributed by atoms with van der Waals surface area (Å²) >= 11 is 3.41. The fourth-order valence-electron chi connectivity index (χ4n) is 5.06. The third-order valence-electron chi connectivity index (χ3n) is 6.84. The topological polar surface area (TPSA) is 86.7 Å². The number of rotatable bonds is 6. The molecule has 2 aliphatic heterocycles. The van der Waals surface area contributed by atoms with Crippen LogP contribution in [-0.2, 0) is 20.9 Å². The van der Waals surface area contributed by atoms with E-state index in [1.165, 1.54) is 4.90 Å². The van der Waals surface area contributed by atoms with Gasteiger partial charge in [0.1, 0.15) is 5.54 Å². The third kappa shape index (κ3) is 3.40. The summed E-state index contributed by atoms with van der Waals surface area (Å²) < 4.78 is 0.886. The van der Waals surface area contributed by atoms with Crippen molar-refractivity contribution in [1.82, 2.24) is 10.2 Å². The molecule has 2 aliphatic rings. The second-order valence-electron chi connectivity index (χ2n) is 8.41. The van der Waals surface area contributed by atoms with E-state index in [1.807, 2.05) is 68.4 Å². The number of nitrogens with zero attached hydrogens (tertiary/aromatic N) is 1. The standard InChI is InChI=1S/C24H25BrN2O4/c1-3-14(2)24(23(30)31)19-18(20(26-24)16-9-11-17(25)12-10-16)21(28)27(22(19)29)13-15-7-5-4-6-8-15/h4-12,14,18-20,26H,3,13H2,1-2H3,(H,30,31). The van der Waals surface area contributed by atoms with E-state index in [9.17, 15) is 19.5 Å². The molecule has 2 aromatic carbocycles. The van der Waals surface area contributed by atoms with Crippen molar-refractivity contribution in [3.05, 3.63) is 70.2 Å². The van der Waals surface area contributed by atoms with E-state index in [2.05, 4.69) is 21.2 Å². The molecule has 0 aliphatic carbocycles. The lowest BCUT2D eigenvalue weighted by Crippen LogP contribution is -2.59. The SMILES string of the molecule is CCC(C)C1(C(=O)O)NC(c2ccc(Br)cc2)C2C(=O)N(Cc3ccccc3)C(=O)C21. The van der Waals surface area contributed by atoms with Gasteiger partial charge >= 0.3 is 5.97 Å². The highest BCUT2D eigenvalue weighted by Crippen LogP contribution is 2.52. The minimum atomic E-state index is -1.50. The highest BCUT2D eigenvalue weighted by atomic mass is 79.9. The molecule has 31 heavy (non-hydrogen) atoms. The summed E-state index contributed by atoms with van der Waals surface area (Å²) in [6.07, 6.45) is 0.565. The van der Waals surface area contributed by atoms with Gasteiger partial charge in [-0.05, 0) is 29.2 Å². The van der Waals surface area contributed by atoms with Gasteiger partial charge in [0.05, 0.1) is 18.4 Å². The zero-order valence-corrected chi connectivity index (χ0v) is 19.0. The molecule has 2 fully saturated rings. The summed E-state index contributed by atoms with van der Waals surface area (Å²) in [6.45, 7) is 3.89. The fourth-order valence-corrected chi connectivity index (χ4v) is 5.33. The maximum Gasteiger partial charge on any atom is 0.325 e. The zero-order valence-electron chi connectivity index (χ0n) is 17.4. The van der Waals surface area contributed by atoms with Crippen LogP contribution in [0.3, 0.4) is 0 Å². The van der Waals surface area contributed by atoms with Crippen molar-refractivity contribution in [2.24, 2.45) is 17.8 Å². The summed E-state index contributed by atoms with van der Waals surface area (Å²) in [5.41, 5.74) is 0.129. The Morgan fingerprint density at radius 2 is 1.77 bits per heavy atom. The van der Waals surface area contributed by atoms with Gasteiger partial charge < -0.3 is 5.11 Å². The Morgan fingerprint density at radius 1 is 1.13 bits per heavy atom. The molecule has 5 unspecified atom stereocenters. The molecule has 6 nitrogen and oxygen atoms in total. The van der Waals surface area contributed by atoms with Crippen LogP contribution in [0.2, 0.25) is 0 Å². The number of aliphatic carboxylic acids is 1. The van der Waals surface area contributed by atoms with Crippen molar-refractivity contribution in [2.45, 2.75) is 38.4 Å². The molecule has 7 heteroatoms. The van der Waals surface area contributed by atoms with E-state index in [1.54, 1.807) is 0 Å². The first-order valence-electron chi connectivity index (χ1n) is 10.5. The Balaban J connectivity index is 1.81. The zero-order chi connectivity index (χ0) is 22.3. The fraction of sp³-hybridized carbons (Fsp3) is 0.375. The number of carbonyl (C=O) groups is 3. The molecule has 4 rings (SSSR count). The first-order chi connectivity index (χ1) is 14.8. The third-order valence-corrected chi connectivity index (χ3v) is 7.37. The first kappa shape index (κ1) is 21.7. The smallest absolute Gasteiger partial charge is 0.325 e. The van der Waals surface area contributed by atoms with Crippen LogP contribution in [-0.4, -0.2) is 33.3 Å². The maximum atomic E-state index is 13.6. The lowest BCUT2D eigenvalue weighted by molar-refractivity contribution is -0.154. The molecule has 2 heterocycles. The summed E-state index contributed by atoms with van der Waals surface area (Å²) in [5.74, 6) is -3.86. The van der Waals surface area contributed by atoms with E-state index >= 15 is 0 Å². The number of benzene rings is 2. The van der Waals surface area contributed by atoms with Gasteiger partial charge in [-0.2, -0.15) is 0 Å². The lowest BCUT2D eigenvalue weighted by Gasteiger charge is -2.36. The Hall–Kier alpha value is -2.51. The number of amides is 2. The number of hydrogen-bond donors (Lipinski definition) is 2. The molecule has 162 valence electrons. The minimum Gasteiger partial charge on any atom is -0.480 e. The number of nitrogens with one attached hydrogen (secondary N) is 1. The lowest BCUT2D eigenvalue weighted by atomic mass is 9.72. The van der Waals surface area contributed by atoms with Crippen molar-refractivity contribution in [3.63, 3.8) is 0 Å². The average molecular weight is 485 g/mol. The Labute approximate surface area is 189 Å². The number of likely N-dealkylation sites (tertiary alicyclic amines) is 1. The minimum absolute atomic E-state index is 0.148. The average Bonchev–Trinajstić information content (AvgIpc) is 3.25. The number of halogens is 1. The normalized spacial score (nSPS) is 28.6. The van der Waals surface area contributed by atoms with Crippen LogP contribution >= 0.6 is 15.9 Å².